The molecular formula is C16H27N5. The Morgan fingerprint density at radius 1 is 1.19 bits per heavy atom. The van der Waals surface area contributed by atoms with E-state index < -0.39 is 0 Å². The van der Waals surface area contributed by atoms with E-state index in [2.05, 4.69) is 39.5 Å². The number of aromatic nitrogens is 2. The molecule has 2 aliphatic rings. The Bertz CT molecular complexity index is 476. The van der Waals surface area contributed by atoms with Crippen molar-refractivity contribution in [1.29, 1.82) is 0 Å². The number of rotatable bonds is 4. The molecule has 2 fully saturated rings. The van der Waals surface area contributed by atoms with Gasteiger partial charge in [-0.2, -0.15) is 0 Å². The van der Waals surface area contributed by atoms with Crippen molar-refractivity contribution in [2.24, 2.45) is 0 Å². The summed E-state index contributed by atoms with van der Waals surface area (Å²) >= 11 is 0. The van der Waals surface area contributed by atoms with Gasteiger partial charge in [0.25, 0.3) is 0 Å². The Kier molecular flexibility index (Phi) is 4.29. The first kappa shape index (κ1) is 14.6. The maximum atomic E-state index is 4.55. The molecule has 116 valence electrons. The second kappa shape index (κ2) is 6.18. The van der Waals surface area contributed by atoms with Crippen molar-refractivity contribution in [3.05, 3.63) is 11.9 Å². The number of aryl methyl sites for hydroxylation is 1. The Hall–Kier alpha value is -1.36. The van der Waals surface area contributed by atoms with Crippen LogP contribution in [-0.4, -0.2) is 46.6 Å². The highest BCUT2D eigenvalue weighted by atomic mass is 15.2. The second-order valence-corrected chi connectivity index (χ2v) is 6.43. The van der Waals surface area contributed by atoms with Gasteiger partial charge in [0.1, 0.15) is 17.5 Å². The average molecular weight is 289 g/mol. The van der Waals surface area contributed by atoms with Crippen molar-refractivity contribution in [3.8, 4) is 0 Å². The molecular weight excluding hydrogens is 262 g/mol. The molecule has 2 N–H and O–H groups in total. The van der Waals surface area contributed by atoms with Gasteiger partial charge in [-0.3, -0.25) is 0 Å². The lowest BCUT2D eigenvalue weighted by molar-refractivity contribution is 0.0608. The number of hydrogen-bond donors (Lipinski definition) is 2. The van der Waals surface area contributed by atoms with E-state index in [9.17, 15) is 0 Å². The highest BCUT2D eigenvalue weighted by Crippen LogP contribution is 2.33. The first-order chi connectivity index (χ1) is 10.2. The number of fused-ring (bicyclic) bond motifs is 2. The fourth-order valence-corrected chi connectivity index (χ4v) is 3.86. The van der Waals surface area contributed by atoms with Crippen LogP contribution in [0.15, 0.2) is 6.07 Å². The minimum atomic E-state index is 0.542. The van der Waals surface area contributed by atoms with Crippen LogP contribution in [0.5, 0.6) is 0 Å². The van der Waals surface area contributed by atoms with Gasteiger partial charge in [-0.1, -0.05) is 6.42 Å². The minimum Gasteiger partial charge on any atom is -0.370 e. The zero-order valence-electron chi connectivity index (χ0n) is 13.4. The van der Waals surface area contributed by atoms with Crippen molar-refractivity contribution in [2.45, 2.75) is 64.1 Å². The van der Waals surface area contributed by atoms with Crippen LogP contribution in [-0.2, 0) is 0 Å². The van der Waals surface area contributed by atoms with E-state index in [4.69, 9.17) is 0 Å². The standard InChI is InChI=1S/C16H27N5/c1-4-17-15-10-16(19-11(2)18-15)20-12-8-13-6-5-7-14(9-12)21(13)3/h10,12-14H,4-9H2,1-3H3,(H2,17,18,19,20). The molecule has 2 atom stereocenters. The lowest BCUT2D eigenvalue weighted by Gasteiger charge is -2.47. The number of anilines is 2. The van der Waals surface area contributed by atoms with Gasteiger partial charge >= 0.3 is 0 Å². The fourth-order valence-electron chi connectivity index (χ4n) is 3.86. The summed E-state index contributed by atoms with van der Waals surface area (Å²) < 4.78 is 0. The van der Waals surface area contributed by atoms with Crippen LogP contribution >= 0.6 is 0 Å². The summed E-state index contributed by atoms with van der Waals surface area (Å²) in [5.74, 6) is 2.70. The highest BCUT2D eigenvalue weighted by Gasteiger charge is 2.35. The molecule has 21 heavy (non-hydrogen) atoms. The molecule has 0 amide bonds. The van der Waals surface area contributed by atoms with Crippen LogP contribution in [0.2, 0.25) is 0 Å². The predicted molar refractivity (Wildman–Crippen MR) is 86.8 cm³/mol. The van der Waals surface area contributed by atoms with Gasteiger partial charge in [0.05, 0.1) is 0 Å². The van der Waals surface area contributed by atoms with Crippen LogP contribution < -0.4 is 10.6 Å². The first-order valence-electron chi connectivity index (χ1n) is 8.23. The van der Waals surface area contributed by atoms with Crippen molar-refractivity contribution in [3.63, 3.8) is 0 Å². The van der Waals surface area contributed by atoms with Gasteiger partial charge in [-0.05, 0) is 46.6 Å². The molecule has 2 aliphatic heterocycles. The summed E-state index contributed by atoms with van der Waals surface area (Å²) in [4.78, 5) is 11.6. The summed E-state index contributed by atoms with van der Waals surface area (Å²) in [6.07, 6.45) is 6.54. The summed E-state index contributed by atoms with van der Waals surface area (Å²) in [5.41, 5.74) is 0. The van der Waals surface area contributed by atoms with Gasteiger partial charge in [0.2, 0.25) is 0 Å². The molecule has 0 radical (unpaired) electrons. The first-order valence-corrected chi connectivity index (χ1v) is 8.23. The number of hydrogen-bond acceptors (Lipinski definition) is 5. The lowest BCUT2D eigenvalue weighted by Crippen LogP contribution is -2.52. The molecule has 3 rings (SSSR count). The largest absolute Gasteiger partial charge is 0.370 e. The second-order valence-electron chi connectivity index (χ2n) is 6.43. The van der Waals surface area contributed by atoms with Gasteiger partial charge < -0.3 is 15.5 Å². The smallest absolute Gasteiger partial charge is 0.132 e. The SMILES string of the molecule is CCNc1cc(NC2CC3CCCC(C2)N3C)nc(C)n1. The summed E-state index contributed by atoms with van der Waals surface area (Å²) in [7, 11) is 2.29. The highest BCUT2D eigenvalue weighted by molar-refractivity contribution is 5.48. The van der Waals surface area contributed by atoms with E-state index in [-0.39, 0.29) is 0 Å². The maximum Gasteiger partial charge on any atom is 0.132 e. The van der Waals surface area contributed by atoms with Crippen LogP contribution in [0, 0.1) is 6.92 Å². The normalized spacial score (nSPS) is 29.2. The Morgan fingerprint density at radius 3 is 2.52 bits per heavy atom. The van der Waals surface area contributed by atoms with E-state index in [0.29, 0.717) is 6.04 Å². The van der Waals surface area contributed by atoms with Crippen LogP contribution in [0.3, 0.4) is 0 Å². The molecule has 1 aromatic heterocycles. The van der Waals surface area contributed by atoms with Crippen LogP contribution in [0.1, 0.15) is 44.9 Å². The molecule has 5 nitrogen and oxygen atoms in total. The monoisotopic (exact) mass is 289 g/mol. The summed E-state index contributed by atoms with van der Waals surface area (Å²) in [5, 5.41) is 6.93. The molecule has 0 aromatic carbocycles. The quantitative estimate of drug-likeness (QED) is 0.892. The predicted octanol–water partition coefficient (Wildman–Crippen LogP) is 2.64. The molecule has 2 bridgehead atoms. The molecule has 5 heteroatoms. The third-order valence-corrected chi connectivity index (χ3v) is 4.89. The van der Waals surface area contributed by atoms with Crippen molar-refractivity contribution in [2.75, 3.05) is 24.2 Å². The van der Waals surface area contributed by atoms with Gasteiger partial charge in [-0.15, -0.1) is 0 Å². The third-order valence-electron chi connectivity index (χ3n) is 4.89. The van der Waals surface area contributed by atoms with Crippen molar-refractivity contribution < 1.29 is 0 Å². The maximum absolute atomic E-state index is 4.55. The number of nitrogens with one attached hydrogen (secondary N) is 2. The van der Waals surface area contributed by atoms with Gasteiger partial charge in [-0.25, -0.2) is 9.97 Å². The molecule has 2 unspecified atom stereocenters. The average Bonchev–Trinajstić information content (AvgIpc) is 2.39. The fraction of sp³-hybridized carbons (Fsp3) is 0.750. The van der Waals surface area contributed by atoms with E-state index in [1.54, 1.807) is 0 Å². The molecule has 1 aromatic rings. The van der Waals surface area contributed by atoms with Crippen molar-refractivity contribution >= 4 is 11.6 Å². The van der Waals surface area contributed by atoms with E-state index in [1.165, 1.54) is 32.1 Å². The Labute approximate surface area is 127 Å². The number of piperidine rings is 2. The van der Waals surface area contributed by atoms with E-state index in [1.807, 2.05) is 13.0 Å². The topological polar surface area (TPSA) is 53.1 Å². The molecule has 0 aliphatic carbocycles. The van der Waals surface area contributed by atoms with Crippen molar-refractivity contribution in [1.82, 2.24) is 14.9 Å². The number of nitrogens with zero attached hydrogens (tertiary/aromatic N) is 3. The van der Waals surface area contributed by atoms with Crippen LogP contribution in [0.4, 0.5) is 11.6 Å². The third kappa shape index (κ3) is 3.28. The van der Waals surface area contributed by atoms with Gasteiger partial charge in [0.15, 0.2) is 0 Å². The molecule has 0 saturated carbocycles. The molecule has 2 saturated heterocycles. The Morgan fingerprint density at radius 2 is 1.86 bits per heavy atom. The summed E-state index contributed by atoms with van der Waals surface area (Å²) in [6, 6.07) is 4.06. The molecule has 0 spiro atoms. The Balaban J connectivity index is 1.69. The van der Waals surface area contributed by atoms with E-state index in [0.717, 1.165) is 36.1 Å². The van der Waals surface area contributed by atoms with Gasteiger partial charge in [0, 0.05) is 30.7 Å². The summed E-state index contributed by atoms with van der Waals surface area (Å²) in [6.45, 7) is 4.92. The van der Waals surface area contributed by atoms with Crippen LogP contribution in [0.25, 0.3) is 0 Å². The zero-order chi connectivity index (χ0) is 14.8. The molecule has 3 heterocycles. The van der Waals surface area contributed by atoms with E-state index >= 15 is 0 Å². The zero-order valence-corrected chi connectivity index (χ0v) is 13.4. The minimum absolute atomic E-state index is 0.542. The lowest BCUT2D eigenvalue weighted by atomic mass is 9.82.